The zero-order chi connectivity index (χ0) is 14.5. The molecule has 0 aliphatic heterocycles. The molecule has 0 spiro atoms. The number of hydrogen-bond acceptors (Lipinski definition) is 2. The Hall–Kier alpha value is -0.350. The summed E-state index contributed by atoms with van der Waals surface area (Å²) in [7, 11) is 2.09. The van der Waals surface area contributed by atoms with Gasteiger partial charge in [-0.25, -0.2) is 0 Å². The average Bonchev–Trinajstić information content (AvgIpc) is 2.75. The Morgan fingerprint density at radius 2 is 1.80 bits per heavy atom. The summed E-state index contributed by atoms with van der Waals surface area (Å²) in [5, 5.41) is 8.12. The molecule has 1 atom stereocenters. The van der Waals surface area contributed by atoms with Gasteiger partial charge in [-0.3, -0.25) is 4.68 Å². The summed E-state index contributed by atoms with van der Waals surface area (Å²) in [6, 6.07) is 0.813. The molecule has 0 amide bonds. The quantitative estimate of drug-likeness (QED) is 0.848. The fraction of sp³-hybridized carbons (Fsp3) is 0.812. The van der Waals surface area contributed by atoms with Crippen molar-refractivity contribution in [3.05, 3.63) is 16.4 Å². The number of hydrogen-bond donors (Lipinski definition) is 1. The van der Waals surface area contributed by atoms with Gasteiger partial charge >= 0.3 is 0 Å². The Morgan fingerprint density at radius 1 is 1.20 bits per heavy atom. The number of nitrogens with one attached hydrogen (secondary N) is 1. The third kappa shape index (κ3) is 3.64. The van der Waals surface area contributed by atoms with Crippen molar-refractivity contribution >= 4 is 15.9 Å². The lowest BCUT2D eigenvalue weighted by Gasteiger charge is -2.30. The van der Waals surface area contributed by atoms with Crippen molar-refractivity contribution in [3.8, 4) is 0 Å². The van der Waals surface area contributed by atoms with Crippen LogP contribution in [0.15, 0.2) is 10.7 Å². The van der Waals surface area contributed by atoms with E-state index in [1.54, 1.807) is 0 Å². The molecule has 1 unspecified atom stereocenters. The van der Waals surface area contributed by atoms with Crippen LogP contribution >= 0.6 is 15.9 Å². The van der Waals surface area contributed by atoms with Crippen molar-refractivity contribution in [3.63, 3.8) is 0 Å². The highest BCUT2D eigenvalue weighted by Crippen LogP contribution is 2.36. The van der Waals surface area contributed by atoms with Gasteiger partial charge in [0.05, 0.1) is 22.4 Å². The molecule has 0 radical (unpaired) electrons. The van der Waals surface area contributed by atoms with Crippen LogP contribution in [0.5, 0.6) is 0 Å². The Morgan fingerprint density at radius 3 is 2.35 bits per heavy atom. The van der Waals surface area contributed by atoms with Crippen LogP contribution < -0.4 is 5.32 Å². The van der Waals surface area contributed by atoms with E-state index in [2.05, 4.69) is 51.9 Å². The second-order valence-corrected chi connectivity index (χ2v) is 7.14. The minimum atomic E-state index is 0.403. The number of nitrogens with zero attached hydrogens (tertiary/aromatic N) is 2. The molecule has 1 aliphatic rings. The van der Waals surface area contributed by atoms with E-state index >= 15 is 0 Å². The SMILES string of the molecule is CNC(c1c(Br)cnn1C(C)C)C1CCCCCCC1. The lowest BCUT2D eigenvalue weighted by atomic mass is 9.84. The van der Waals surface area contributed by atoms with Crippen molar-refractivity contribution in [1.29, 1.82) is 0 Å². The van der Waals surface area contributed by atoms with E-state index in [4.69, 9.17) is 0 Å². The van der Waals surface area contributed by atoms with Crippen LogP contribution in [0.3, 0.4) is 0 Å². The van der Waals surface area contributed by atoms with Gasteiger partial charge in [0, 0.05) is 6.04 Å². The number of aromatic nitrogens is 2. The van der Waals surface area contributed by atoms with Crippen molar-refractivity contribution < 1.29 is 0 Å². The molecule has 1 aromatic heterocycles. The first-order valence-corrected chi connectivity index (χ1v) is 8.84. The van der Waals surface area contributed by atoms with Gasteiger partial charge < -0.3 is 5.32 Å². The third-order valence-electron chi connectivity index (χ3n) is 4.50. The van der Waals surface area contributed by atoms with Gasteiger partial charge in [-0.1, -0.05) is 32.1 Å². The van der Waals surface area contributed by atoms with E-state index in [0.717, 1.165) is 10.4 Å². The van der Waals surface area contributed by atoms with Crippen molar-refractivity contribution in [2.45, 2.75) is 70.9 Å². The van der Waals surface area contributed by atoms with E-state index in [9.17, 15) is 0 Å². The molecule has 1 saturated carbocycles. The Labute approximate surface area is 131 Å². The summed E-state index contributed by atoms with van der Waals surface area (Å²) in [6.07, 6.45) is 11.6. The topological polar surface area (TPSA) is 29.9 Å². The zero-order valence-electron chi connectivity index (χ0n) is 13.0. The second-order valence-electron chi connectivity index (χ2n) is 6.29. The van der Waals surface area contributed by atoms with Crippen LogP contribution in [0, 0.1) is 5.92 Å². The maximum atomic E-state index is 4.55. The third-order valence-corrected chi connectivity index (χ3v) is 5.11. The lowest BCUT2D eigenvalue weighted by Crippen LogP contribution is -2.29. The maximum Gasteiger partial charge on any atom is 0.0701 e. The molecule has 114 valence electrons. The van der Waals surface area contributed by atoms with E-state index < -0.39 is 0 Å². The predicted octanol–water partition coefficient (Wildman–Crippen LogP) is 4.85. The summed E-state index contributed by atoms with van der Waals surface area (Å²) in [5.74, 6) is 0.728. The summed E-state index contributed by atoms with van der Waals surface area (Å²) in [6.45, 7) is 4.40. The van der Waals surface area contributed by atoms with Crippen LogP contribution in [0.1, 0.15) is 76.6 Å². The molecule has 4 heteroatoms. The summed E-state index contributed by atoms with van der Waals surface area (Å²) >= 11 is 3.71. The van der Waals surface area contributed by atoms with Crippen molar-refractivity contribution in [1.82, 2.24) is 15.1 Å². The molecule has 2 rings (SSSR count). The van der Waals surface area contributed by atoms with E-state index in [-0.39, 0.29) is 0 Å². The average molecular weight is 342 g/mol. The molecule has 3 nitrogen and oxygen atoms in total. The molecule has 1 aliphatic carbocycles. The predicted molar refractivity (Wildman–Crippen MR) is 87.9 cm³/mol. The first-order valence-electron chi connectivity index (χ1n) is 8.05. The van der Waals surface area contributed by atoms with Gasteiger partial charge in [0.2, 0.25) is 0 Å². The highest BCUT2D eigenvalue weighted by Gasteiger charge is 2.27. The molecule has 0 saturated heterocycles. The van der Waals surface area contributed by atoms with Gasteiger partial charge in [-0.2, -0.15) is 5.10 Å². The Kier molecular flexibility index (Phi) is 6.09. The largest absolute Gasteiger partial charge is 0.311 e. The molecular formula is C16H28BrN3. The Balaban J connectivity index is 2.24. The molecule has 0 aromatic carbocycles. The fourth-order valence-electron chi connectivity index (χ4n) is 3.47. The van der Waals surface area contributed by atoms with Crippen molar-refractivity contribution in [2.24, 2.45) is 5.92 Å². The standard InChI is InChI=1S/C16H28BrN3/c1-12(2)20-16(14(17)11-19-20)15(18-3)13-9-7-5-4-6-8-10-13/h11-13,15,18H,4-10H2,1-3H3. The highest BCUT2D eigenvalue weighted by atomic mass is 79.9. The van der Waals surface area contributed by atoms with Gasteiger partial charge in [0.25, 0.3) is 0 Å². The van der Waals surface area contributed by atoms with Crippen molar-refractivity contribution in [2.75, 3.05) is 7.05 Å². The number of rotatable bonds is 4. The normalized spacial score (nSPS) is 19.9. The van der Waals surface area contributed by atoms with E-state index in [1.807, 2.05) is 6.20 Å². The molecule has 1 N–H and O–H groups in total. The minimum absolute atomic E-state index is 0.403. The molecule has 1 aromatic rings. The summed E-state index contributed by atoms with van der Waals surface area (Å²) in [5.41, 5.74) is 1.33. The first kappa shape index (κ1) is 16.0. The fourth-order valence-corrected chi connectivity index (χ4v) is 3.99. The van der Waals surface area contributed by atoms with Crippen LogP contribution in [0.25, 0.3) is 0 Å². The van der Waals surface area contributed by atoms with Gasteiger partial charge in [0.15, 0.2) is 0 Å². The maximum absolute atomic E-state index is 4.55. The Bertz CT molecular complexity index is 406. The second kappa shape index (κ2) is 7.60. The van der Waals surface area contributed by atoms with Crippen LogP contribution in [0.2, 0.25) is 0 Å². The van der Waals surface area contributed by atoms with Crippen LogP contribution in [0.4, 0.5) is 0 Å². The molecule has 20 heavy (non-hydrogen) atoms. The highest BCUT2D eigenvalue weighted by molar-refractivity contribution is 9.10. The van der Waals surface area contributed by atoms with Gasteiger partial charge in [-0.05, 0) is 55.6 Å². The van der Waals surface area contributed by atoms with Crippen LogP contribution in [-0.4, -0.2) is 16.8 Å². The lowest BCUT2D eigenvalue weighted by molar-refractivity contribution is 0.283. The number of halogens is 1. The minimum Gasteiger partial charge on any atom is -0.311 e. The zero-order valence-corrected chi connectivity index (χ0v) is 14.6. The summed E-state index contributed by atoms with van der Waals surface area (Å²) < 4.78 is 3.32. The monoisotopic (exact) mass is 341 g/mol. The van der Waals surface area contributed by atoms with E-state index in [1.165, 1.54) is 50.6 Å². The van der Waals surface area contributed by atoms with Gasteiger partial charge in [0.1, 0.15) is 0 Å². The molecular weight excluding hydrogens is 314 g/mol. The van der Waals surface area contributed by atoms with Gasteiger partial charge in [-0.15, -0.1) is 0 Å². The first-order chi connectivity index (χ1) is 9.65. The molecule has 0 bridgehead atoms. The smallest absolute Gasteiger partial charge is 0.0701 e. The molecule has 1 fully saturated rings. The van der Waals surface area contributed by atoms with Crippen LogP contribution in [-0.2, 0) is 0 Å². The summed E-state index contributed by atoms with van der Waals surface area (Å²) in [4.78, 5) is 0. The van der Waals surface area contributed by atoms with E-state index in [0.29, 0.717) is 12.1 Å². The molecule has 1 heterocycles.